The van der Waals surface area contributed by atoms with Crippen molar-refractivity contribution in [2.24, 2.45) is 5.92 Å². The van der Waals surface area contributed by atoms with Crippen molar-refractivity contribution in [2.75, 3.05) is 32.7 Å². The zero-order valence-corrected chi connectivity index (χ0v) is 13.2. The fraction of sp³-hybridized carbons (Fsp3) is 0.857. The standard InChI is InChI=1S/C14H25N3OS/c1-5-17(7-11(2)6-15)14(18)10-16-8-12(3)19-13(4)9-16/h11-13H,5,7-10H2,1-4H3/t11-,12+,13+/m1/s1. The average molecular weight is 283 g/mol. The first kappa shape index (κ1) is 16.3. The number of likely N-dealkylation sites (N-methyl/N-ethyl adjacent to an activating group) is 1. The van der Waals surface area contributed by atoms with Crippen molar-refractivity contribution < 1.29 is 4.79 Å². The van der Waals surface area contributed by atoms with Crippen LogP contribution in [0.5, 0.6) is 0 Å². The van der Waals surface area contributed by atoms with Gasteiger partial charge in [-0.05, 0) is 13.8 Å². The predicted molar refractivity (Wildman–Crippen MR) is 80.0 cm³/mol. The molecule has 0 spiro atoms. The van der Waals surface area contributed by atoms with E-state index >= 15 is 0 Å². The molecule has 0 aliphatic carbocycles. The van der Waals surface area contributed by atoms with E-state index in [1.165, 1.54) is 0 Å². The lowest BCUT2D eigenvalue weighted by molar-refractivity contribution is -0.132. The summed E-state index contributed by atoms with van der Waals surface area (Å²) < 4.78 is 0. The van der Waals surface area contributed by atoms with Gasteiger partial charge in [0.1, 0.15) is 0 Å². The molecule has 0 saturated carbocycles. The summed E-state index contributed by atoms with van der Waals surface area (Å²) in [7, 11) is 0. The second-order valence-electron chi connectivity index (χ2n) is 5.41. The maximum Gasteiger partial charge on any atom is 0.236 e. The lowest BCUT2D eigenvalue weighted by Gasteiger charge is -2.35. The number of rotatable bonds is 5. The first-order valence-corrected chi connectivity index (χ1v) is 7.95. The number of thioether (sulfide) groups is 1. The summed E-state index contributed by atoms with van der Waals surface area (Å²) >= 11 is 1.99. The van der Waals surface area contributed by atoms with Crippen LogP contribution < -0.4 is 0 Å². The second-order valence-corrected chi connectivity index (χ2v) is 7.30. The Labute approximate surface area is 121 Å². The number of hydrogen-bond acceptors (Lipinski definition) is 4. The molecule has 1 aliphatic rings. The predicted octanol–water partition coefficient (Wildman–Crippen LogP) is 1.82. The van der Waals surface area contributed by atoms with Crippen LogP contribution in [0.1, 0.15) is 27.7 Å². The van der Waals surface area contributed by atoms with Gasteiger partial charge in [0.2, 0.25) is 5.91 Å². The van der Waals surface area contributed by atoms with Crippen molar-refractivity contribution in [3.63, 3.8) is 0 Å². The molecule has 1 fully saturated rings. The van der Waals surface area contributed by atoms with Crippen LogP contribution in [0.3, 0.4) is 0 Å². The molecule has 5 heteroatoms. The first-order chi connectivity index (χ1) is 8.96. The molecule has 4 nitrogen and oxygen atoms in total. The van der Waals surface area contributed by atoms with Crippen LogP contribution in [-0.4, -0.2) is 58.9 Å². The first-order valence-electron chi connectivity index (χ1n) is 7.01. The van der Waals surface area contributed by atoms with E-state index in [1.807, 2.05) is 25.6 Å². The number of nitriles is 1. The van der Waals surface area contributed by atoms with Crippen LogP contribution in [0.15, 0.2) is 0 Å². The summed E-state index contributed by atoms with van der Waals surface area (Å²) in [6.45, 7) is 11.9. The van der Waals surface area contributed by atoms with Crippen LogP contribution >= 0.6 is 11.8 Å². The smallest absolute Gasteiger partial charge is 0.236 e. The molecule has 1 saturated heterocycles. The van der Waals surface area contributed by atoms with Crippen molar-refractivity contribution >= 4 is 17.7 Å². The van der Waals surface area contributed by atoms with Crippen molar-refractivity contribution in [3.05, 3.63) is 0 Å². The van der Waals surface area contributed by atoms with Crippen LogP contribution in [0.25, 0.3) is 0 Å². The molecule has 0 N–H and O–H groups in total. The van der Waals surface area contributed by atoms with Gasteiger partial charge in [-0.25, -0.2) is 0 Å². The molecule has 1 aliphatic heterocycles. The maximum atomic E-state index is 12.3. The zero-order chi connectivity index (χ0) is 14.4. The van der Waals surface area contributed by atoms with Crippen LogP contribution in [-0.2, 0) is 4.79 Å². The van der Waals surface area contributed by atoms with Crippen molar-refractivity contribution in [2.45, 2.75) is 38.2 Å². The second kappa shape index (κ2) is 7.76. The van der Waals surface area contributed by atoms with E-state index in [9.17, 15) is 4.79 Å². The molecule has 0 radical (unpaired) electrons. The summed E-state index contributed by atoms with van der Waals surface area (Å²) in [4.78, 5) is 16.3. The molecular formula is C14H25N3OS. The Morgan fingerprint density at radius 3 is 2.53 bits per heavy atom. The molecular weight excluding hydrogens is 258 g/mol. The topological polar surface area (TPSA) is 47.3 Å². The molecule has 1 rings (SSSR count). The van der Waals surface area contributed by atoms with Crippen molar-refractivity contribution in [1.82, 2.24) is 9.80 Å². The van der Waals surface area contributed by atoms with E-state index in [1.54, 1.807) is 4.90 Å². The van der Waals surface area contributed by atoms with Gasteiger partial charge in [-0.2, -0.15) is 17.0 Å². The van der Waals surface area contributed by atoms with Gasteiger partial charge in [-0.15, -0.1) is 0 Å². The van der Waals surface area contributed by atoms with Gasteiger partial charge in [0.05, 0.1) is 18.5 Å². The van der Waals surface area contributed by atoms with Gasteiger partial charge in [-0.1, -0.05) is 13.8 Å². The van der Waals surface area contributed by atoms with E-state index in [2.05, 4.69) is 24.8 Å². The maximum absolute atomic E-state index is 12.3. The highest BCUT2D eigenvalue weighted by molar-refractivity contribution is 8.00. The van der Waals surface area contributed by atoms with Crippen molar-refractivity contribution in [1.29, 1.82) is 5.26 Å². The number of hydrogen-bond donors (Lipinski definition) is 0. The Morgan fingerprint density at radius 1 is 1.47 bits per heavy atom. The minimum absolute atomic E-state index is 0.0985. The zero-order valence-electron chi connectivity index (χ0n) is 12.4. The third-order valence-electron chi connectivity index (χ3n) is 3.30. The summed E-state index contributed by atoms with van der Waals surface area (Å²) in [5.41, 5.74) is 0. The third-order valence-corrected chi connectivity index (χ3v) is 4.53. The highest BCUT2D eigenvalue weighted by atomic mass is 32.2. The Balaban J connectivity index is 2.50. The average Bonchev–Trinajstić information content (AvgIpc) is 2.34. The van der Waals surface area contributed by atoms with E-state index in [0.29, 0.717) is 30.1 Å². The molecule has 1 amide bonds. The monoisotopic (exact) mass is 283 g/mol. The fourth-order valence-electron chi connectivity index (χ4n) is 2.48. The minimum atomic E-state index is -0.0985. The molecule has 0 aromatic heterocycles. The van der Waals surface area contributed by atoms with Crippen LogP contribution in [0, 0.1) is 17.2 Å². The third kappa shape index (κ3) is 5.42. The lowest BCUT2D eigenvalue weighted by atomic mass is 10.2. The number of carbonyl (C=O) groups is 1. The summed E-state index contributed by atoms with van der Waals surface area (Å²) in [6.07, 6.45) is 0. The molecule has 0 unspecified atom stereocenters. The summed E-state index contributed by atoms with van der Waals surface area (Å²) in [6, 6.07) is 2.19. The minimum Gasteiger partial charge on any atom is -0.341 e. The van der Waals surface area contributed by atoms with E-state index in [4.69, 9.17) is 5.26 Å². The molecule has 0 aromatic carbocycles. The van der Waals surface area contributed by atoms with E-state index in [-0.39, 0.29) is 11.8 Å². The van der Waals surface area contributed by atoms with Gasteiger partial charge in [-0.3, -0.25) is 9.69 Å². The van der Waals surface area contributed by atoms with Gasteiger partial charge in [0, 0.05) is 36.7 Å². The molecule has 0 aromatic rings. The van der Waals surface area contributed by atoms with Gasteiger partial charge < -0.3 is 4.90 Å². The molecule has 1 heterocycles. The molecule has 3 atom stereocenters. The van der Waals surface area contributed by atoms with Gasteiger partial charge in [0.25, 0.3) is 0 Å². The molecule has 0 bridgehead atoms. The summed E-state index contributed by atoms with van der Waals surface area (Å²) in [5.74, 6) is 0.0505. The normalized spacial score (nSPS) is 25.6. The number of amides is 1. The quantitative estimate of drug-likeness (QED) is 0.772. The Bertz CT molecular complexity index is 332. The highest BCUT2D eigenvalue weighted by Gasteiger charge is 2.25. The van der Waals surface area contributed by atoms with E-state index < -0.39 is 0 Å². The Hall–Kier alpha value is -0.730. The largest absolute Gasteiger partial charge is 0.341 e. The highest BCUT2D eigenvalue weighted by Crippen LogP contribution is 2.24. The van der Waals surface area contributed by atoms with Crippen LogP contribution in [0.4, 0.5) is 0 Å². The van der Waals surface area contributed by atoms with Gasteiger partial charge >= 0.3 is 0 Å². The SMILES string of the molecule is CCN(C[C@H](C)C#N)C(=O)CN1C[C@H](C)S[C@@H](C)C1. The Kier molecular flexibility index (Phi) is 6.67. The molecule has 108 valence electrons. The van der Waals surface area contributed by atoms with Crippen molar-refractivity contribution in [3.8, 4) is 6.07 Å². The number of carbonyl (C=O) groups excluding carboxylic acids is 1. The lowest BCUT2D eigenvalue weighted by Crippen LogP contribution is -2.47. The summed E-state index contributed by atoms with van der Waals surface area (Å²) in [5, 5.41) is 10.0. The van der Waals surface area contributed by atoms with Gasteiger partial charge in [0.15, 0.2) is 0 Å². The number of nitrogens with zero attached hydrogens (tertiary/aromatic N) is 3. The fourth-order valence-corrected chi connectivity index (χ4v) is 3.87. The Morgan fingerprint density at radius 2 is 2.05 bits per heavy atom. The van der Waals surface area contributed by atoms with Crippen LogP contribution in [0.2, 0.25) is 0 Å². The molecule has 19 heavy (non-hydrogen) atoms. The van der Waals surface area contributed by atoms with E-state index in [0.717, 1.165) is 13.1 Å².